The summed E-state index contributed by atoms with van der Waals surface area (Å²) in [5.74, 6) is -0.435. The molecule has 1 N–H and O–H groups in total. The number of carbonyl (C=O) groups excluding carboxylic acids is 1. The van der Waals surface area contributed by atoms with E-state index in [-0.39, 0.29) is 13.2 Å². The van der Waals surface area contributed by atoms with Crippen molar-refractivity contribution in [3.05, 3.63) is 12.7 Å². The Morgan fingerprint density at radius 1 is 1.54 bits per heavy atom. The molecule has 0 bridgehead atoms. The number of alkyl halides is 3. The second-order valence-corrected chi connectivity index (χ2v) is 2.16. The van der Waals surface area contributed by atoms with E-state index in [1.54, 1.807) is 0 Å². The van der Waals surface area contributed by atoms with E-state index in [1.807, 2.05) is 0 Å². The van der Waals surface area contributed by atoms with E-state index in [0.29, 0.717) is 0 Å². The van der Waals surface area contributed by atoms with Crippen LogP contribution >= 0.6 is 0 Å². The van der Waals surface area contributed by atoms with Gasteiger partial charge in [0.25, 0.3) is 0 Å². The average Bonchev–Trinajstić information content (AvgIpc) is 2.01. The summed E-state index contributed by atoms with van der Waals surface area (Å²) in [6, 6.07) is 0. The van der Waals surface area contributed by atoms with Crippen LogP contribution in [0.1, 0.15) is 0 Å². The fraction of sp³-hybridized carbons (Fsp3) is 0.571. The van der Waals surface area contributed by atoms with Gasteiger partial charge >= 0.3 is 6.18 Å². The number of nitrogens with one attached hydrogen (secondary N) is 1. The molecule has 0 aromatic heterocycles. The highest BCUT2D eigenvalue weighted by molar-refractivity contribution is 5.86. The van der Waals surface area contributed by atoms with Crippen LogP contribution < -0.4 is 5.32 Å². The first-order chi connectivity index (χ1) is 5.95. The molecule has 3 nitrogen and oxygen atoms in total. The van der Waals surface area contributed by atoms with Gasteiger partial charge in [-0.3, -0.25) is 4.79 Å². The van der Waals surface area contributed by atoms with Crippen molar-refractivity contribution >= 4 is 5.91 Å². The quantitative estimate of drug-likeness (QED) is 0.524. The van der Waals surface area contributed by atoms with Gasteiger partial charge in [-0.05, 0) is 6.08 Å². The molecule has 0 spiro atoms. The summed E-state index contributed by atoms with van der Waals surface area (Å²) < 4.78 is 38.7. The van der Waals surface area contributed by atoms with Gasteiger partial charge in [0.15, 0.2) is 0 Å². The molecule has 0 fully saturated rings. The summed E-state index contributed by atoms with van der Waals surface area (Å²) in [5, 5.41) is 2.27. The van der Waals surface area contributed by atoms with Crippen LogP contribution in [0.5, 0.6) is 0 Å². The van der Waals surface area contributed by atoms with Gasteiger partial charge in [0.1, 0.15) is 6.61 Å². The molecular weight excluding hydrogens is 187 g/mol. The summed E-state index contributed by atoms with van der Waals surface area (Å²) in [4.78, 5) is 10.5. The lowest BCUT2D eigenvalue weighted by molar-refractivity contribution is -0.173. The number of rotatable bonds is 5. The average molecular weight is 197 g/mol. The predicted molar refractivity (Wildman–Crippen MR) is 40.1 cm³/mol. The molecule has 0 aliphatic carbocycles. The first kappa shape index (κ1) is 12.0. The van der Waals surface area contributed by atoms with Crippen molar-refractivity contribution in [2.24, 2.45) is 0 Å². The summed E-state index contributed by atoms with van der Waals surface area (Å²) in [5.41, 5.74) is 0. The van der Waals surface area contributed by atoms with Crippen molar-refractivity contribution in [2.75, 3.05) is 19.8 Å². The fourth-order valence-corrected chi connectivity index (χ4v) is 0.506. The zero-order valence-electron chi connectivity index (χ0n) is 6.86. The molecule has 0 aliphatic rings. The third kappa shape index (κ3) is 8.87. The molecule has 0 rings (SSSR count). The van der Waals surface area contributed by atoms with Crippen LogP contribution in [0, 0.1) is 0 Å². The second-order valence-electron chi connectivity index (χ2n) is 2.16. The van der Waals surface area contributed by atoms with Crippen LogP contribution in [0.15, 0.2) is 12.7 Å². The number of hydrogen-bond donors (Lipinski definition) is 1. The van der Waals surface area contributed by atoms with Gasteiger partial charge in [0.2, 0.25) is 5.91 Å². The first-order valence-electron chi connectivity index (χ1n) is 3.50. The minimum Gasteiger partial charge on any atom is -0.370 e. The first-order valence-corrected chi connectivity index (χ1v) is 3.50. The third-order valence-electron chi connectivity index (χ3n) is 0.997. The van der Waals surface area contributed by atoms with Crippen LogP contribution in [0.2, 0.25) is 0 Å². The topological polar surface area (TPSA) is 38.3 Å². The molecule has 0 atom stereocenters. The lowest BCUT2D eigenvalue weighted by Gasteiger charge is -2.07. The smallest absolute Gasteiger partial charge is 0.370 e. The fourth-order valence-electron chi connectivity index (χ4n) is 0.506. The molecule has 76 valence electrons. The molecule has 0 aromatic carbocycles. The highest BCUT2D eigenvalue weighted by Gasteiger charge is 2.27. The van der Waals surface area contributed by atoms with Crippen molar-refractivity contribution in [3.63, 3.8) is 0 Å². The van der Waals surface area contributed by atoms with Crippen LogP contribution in [0.4, 0.5) is 13.2 Å². The molecule has 0 aromatic rings. The Morgan fingerprint density at radius 2 is 2.15 bits per heavy atom. The number of hydrogen-bond acceptors (Lipinski definition) is 2. The molecule has 0 heterocycles. The number of ether oxygens (including phenoxy) is 1. The molecule has 0 saturated heterocycles. The Kier molecular flexibility index (Phi) is 5.13. The maximum Gasteiger partial charge on any atom is 0.411 e. The molecule has 13 heavy (non-hydrogen) atoms. The van der Waals surface area contributed by atoms with Crippen LogP contribution in [0.3, 0.4) is 0 Å². The Bertz CT molecular complexity index is 179. The normalized spacial score (nSPS) is 11.0. The highest BCUT2D eigenvalue weighted by Crippen LogP contribution is 2.13. The second kappa shape index (κ2) is 5.58. The molecule has 1 amide bonds. The molecule has 0 radical (unpaired) electrons. The van der Waals surface area contributed by atoms with E-state index in [1.165, 1.54) is 0 Å². The lowest BCUT2D eigenvalue weighted by Crippen LogP contribution is -2.27. The zero-order valence-corrected chi connectivity index (χ0v) is 6.86. The van der Waals surface area contributed by atoms with Crippen molar-refractivity contribution in [3.8, 4) is 0 Å². The van der Waals surface area contributed by atoms with Gasteiger partial charge in [0.05, 0.1) is 6.61 Å². The van der Waals surface area contributed by atoms with E-state index in [4.69, 9.17) is 0 Å². The van der Waals surface area contributed by atoms with Gasteiger partial charge in [-0.25, -0.2) is 0 Å². The van der Waals surface area contributed by atoms with Crippen LogP contribution in [0.25, 0.3) is 0 Å². The van der Waals surface area contributed by atoms with Gasteiger partial charge in [0, 0.05) is 6.54 Å². The maximum atomic E-state index is 11.5. The summed E-state index contributed by atoms with van der Waals surface area (Å²) in [6.45, 7) is 1.75. The Morgan fingerprint density at radius 3 is 2.62 bits per heavy atom. The van der Waals surface area contributed by atoms with Gasteiger partial charge in [-0.2, -0.15) is 13.2 Å². The zero-order chi connectivity index (χ0) is 10.3. The minimum absolute atomic E-state index is 0.0426. The van der Waals surface area contributed by atoms with Crippen molar-refractivity contribution in [1.82, 2.24) is 5.32 Å². The largest absolute Gasteiger partial charge is 0.411 e. The van der Waals surface area contributed by atoms with Crippen molar-refractivity contribution < 1.29 is 22.7 Å². The lowest BCUT2D eigenvalue weighted by atomic mass is 10.5. The van der Waals surface area contributed by atoms with Crippen LogP contribution in [-0.4, -0.2) is 31.8 Å². The SMILES string of the molecule is C=CC(=O)NCCOCC(F)(F)F. The molecular formula is C7H10F3NO2. The summed E-state index contributed by atoms with van der Waals surface area (Å²) in [7, 11) is 0. The third-order valence-corrected chi connectivity index (χ3v) is 0.997. The molecule has 0 aliphatic heterocycles. The Hall–Kier alpha value is -1.04. The van der Waals surface area contributed by atoms with Gasteiger partial charge < -0.3 is 10.1 Å². The number of amides is 1. The molecule has 6 heteroatoms. The minimum atomic E-state index is -4.32. The van der Waals surface area contributed by atoms with E-state index in [0.717, 1.165) is 6.08 Å². The van der Waals surface area contributed by atoms with Gasteiger partial charge in [-0.15, -0.1) is 0 Å². The molecule has 0 unspecified atom stereocenters. The Balaban J connectivity index is 3.27. The van der Waals surface area contributed by atoms with E-state index in [9.17, 15) is 18.0 Å². The molecule has 0 saturated carbocycles. The van der Waals surface area contributed by atoms with Crippen molar-refractivity contribution in [2.45, 2.75) is 6.18 Å². The van der Waals surface area contributed by atoms with E-state index >= 15 is 0 Å². The van der Waals surface area contributed by atoms with Crippen molar-refractivity contribution in [1.29, 1.82) is 0 Å². The monoisotopic (exact) mass is 197 g/mol. The Labute approximate surface area is 73.6 Å². The summed E-state index contributed by atoms with van der Waals surface area (Å²) >= 11 is 0. The standard InChI is InChI=1S/C7H10F3NO2/c1-2-6(12)11-3-4-13-5-7(8,9)10/h2H,1,3-5H2,(H,11,12). The van der Waals surface area contributed by atoms with E-state index < -0.39 is 18.7 Å². The number of carbonyl (C=O) groups is 1. The van der Waals surface area contributed by atoms with Crippen LogP contribution in [-0.2, 0) is 9.53 Å². The number of halogens is 3. The summed E-state index contributed by atoms with van der Waals surface area (Å²) in [6.07, 6.45) is -3.29. The van der Waals surface area contributed by atoms with E-state index in [2.05, 4.69) is 16.6 Å². The maximum absolute atomic E-state index is 11.5. The highest BCUT2D eigenvalue weighted by atomic mass is 19.4. The van der Waals surface area contributed by atoms with Gasteiger partial charge in [-0.1, -0.05) is 6.58 Å². The predicted octanol–water partition coefficient (Wildman–Crippen LogP) is 0.867.